The van der Waals surface area contributed by atoms with Gasteiger partial charge in [-0.1, -0.05) is 12.1 Å². The first-order chi connectivity index (χ1) is 14.6. The zero-order valence-electron chi connectivity index (χ0n) is 15.3. The summed E-state index contributed by atoms with van der Waals surface area (Å²) in [7, 11) is -5.72. The smallest absolute Gasteiger partial charge is 0.400 e. The van der Waals surface area contributed by atoms with E-state index in [4.69, 9.17) is 14.2 Å². The summed E-state index contributed by atoms with van der Waals surface area (Å²) in [6.07, 6.45) is 2.83. The molecule has 2 aromatic carbocycles. The molecule has 0 atom stereocenters. The number of rotatable bonds is 5. The van der Waals surface area contributed by atoms with Crippen LogP contribution in [0.3, 0.4) is 0 Å². The molecule has 3 N–H and O–H groups in total. The molecule has 0 saturated heterocycles. The van der Waals surface area contributed by atoms with Gasteiger partial charge in [-0.3, -0.25) is 9.36 Å². The van der Waals surface area contributed by atoms with E-state index in [1.54, 1.807) is 24.3 Å². The zero-order valence-corrected chi connectivity index (χ0v) is 18.5. The number of aromatic nitrogens is 1. The molecule has 0 aliphatic heterocycles. The maximum Gasteiger partial charge on any atom is 0.400 e. The van der Waals surface area contributed by atoms with Gasteiger partial charge in [0.2, 0.25) is 0 Å². The van der Waals surface area contributed by atoms with Crippen LogP contribution in [0.5, 0.6) is 0 Å². The summed E-state index contributed by atoms with van der Waals surface area (Å²) >= 11 is 3.55. The highest BCUT2D eigenvalue weighted by atomic mass is 79.9. The largest absolute Gasteiger partial charge is 0.444 e. The second kappa shape index (κ2) is 7.92. The van der Waals surface area contributed by atoms with Crippen molar-refractivity contribution in [2.45, 2.75) is 5.66 Å². The van der Waals surface area contributed by atoms with E-state index in [0.29, 0.717) is 33.0 Å². The number of fused-ring (bicyclic) bond motifs is 1. The quantitative estimate of drug-likeness (QED) is 0.282. The molecule has 0 saturated carbocycles. The number of carbonyl (C=O) groups excluding carboxylic acids is 1. The molecule has 0 aliphatic carbocycles. The molecule has 31 heavy (non-hydrogen) atoms. The second-order valence-corrected chi connectivity index (χ2v) is 9.94. The SMILES string of the molecule is O=C(Nc1cccc(-c2cnco2)c1)c1ccc2sc(C(F)(F)P(=O)(O)O)c(Br)c2c1. The van der Waals surface area contributed by atoms with E-state index in [-0.39, 0.29) is 15.4 Å². The van der Waals surface area contributed by atoms with E-state index >= 15 is 0 Å². The standard InChI is InChI=1S/C19H12BrF2N2O5PS/c20-16-13-7-11(4-5-15(13)31-17(16)19(21,22)30(26,27)28)18(25)24-12-3-1-2-10(6-12)14-8-23-9-29-14/h1-9H,(H,24,25)(H2,26,27,28). The van der Waals surface area contributed by atoms with Crippen LogP contribution in [0, 0.1) is 0 Å². The van der Waals surface area contributed by atoms with Crippen molar-refractivity contribution in [1.82, 2.24) is 4.98 Å². The molecule has 2 aromatic heterocycles. The minimum atomic E-state index is -5.72. The van der Waals surface area contributed by atoms with Gasteiger partial charge in [-0.2, -0.15) is 8.78 Å². The maximum atomic E-state index is 14.2. The lowest BCUT2D eigenvalue weighted by Crippen LogP contribution is -2.12. The van der Waals surface area contributed by atoms with E-state index in [1.807, 2.05) is 0 Å². The number of nitrogens with zero attached hydrogens (tertiary/aromatic N) is 1. The predicted octanol–water partition coefficient (Wildman–Crippen LogP) is 5.80. The Morgan fingerprint density at radius 1 is 1.23 bits per heavy atom. The number of benzene rings is 2. The van der Waals surface area contributed by atoms with Gasteiger partial charge in [-0.15, -0.1) is 11.3 Å². The van der Waals surface area contributed by atoms with Crippen molar-refractivity contribution < 1.29 is 32.3 Å². The second-order valence-electron chi connectivity index (χ2n) is 6.44. The first-order valence-electron chi connectivity index (χ1n) is 8.54. The third-order valence-corrected chi connectivity index (χ3v) is 7.80. The third-order valence-electron chi connectivity index (χ3n) is 4.37. The number of halogens is 3. The fraction of sp³-hybridized carbons (Fsp3) is 0.0526. The molecule has 160 valence electrons. The van der Waals surface area contributed by atoms with Crippen molar-refractivity contribution in [3.05, 3.63) is 70.0 Å². The van der Waals surface area contributed by atoms with Crippen LogP contribution < -0.4 is 5.32 Å². The number of nitrogens with one attached hydrogen (secondary N) is 1. The molecule has 0 bridgehead atoms. The molecular formula is C19H12BrF2N2O5PS. The Balaban J connectivity index is 1.65. The van der Waals surface area contributed by atoms with Gasteiger partial charge in [0.1, 0.15) is 4.88 Å². The molecule has 4 rings (SSSR count). The first-order valence-corrected chi connectivity index (χ1v) is 11.8. The Morgan fingerprint density at radius 3 is 2.68 bits per heavy atom. The highest BCUT2D eigenvalue weighted by Gasteiger charge is 2.53. The minimum Gasteiger partial charge on any atom is -0.444 e. The lowest BCUT2D eigenvalue weighted by Gasteiger charge is -2.16. The number of hydrogen-bond donors (Lipinski definition) is 3. The Bertz CT molecular complexity index is 1340. The Labute approximate surface area is 186 Å². The normalized spacial score (nSPS) is 12.3. The summed E-state index contributed by atoms with van der Waals surface area (Å²) in [6.45, 7) is 0. The van der Waals surface area contributed by atoms with Gasteiger partial charge < -0.3 is 19.5 Å². The summed E-state index contributed by atoms with van der Waals surface area (Å²) in [5, 5.41) is 2.97. The van der Waals surface area contributed by atoms with Gasteiger partial charge in [-0.05, 0) is 46.3 Å². The number of hydrogen-bond acceptors (Lipinski definition) is 5. The van der Waals surface area contributed by atoms with Crippen molar-refractivity contribution in [1.29, 1.82) is 0 Å². The topological polar surface area (TPSA) is 113 Å². The van der Waals surface area contributed by atoms with E-state index in [9.17, 15) is 18.1 Å². The first kappa shape index (κ1) is 21.8. The maximum absolute atomic E-state index is 14.2. The fourth-order valence-electron chi connectivity index (χ4n) is 2.85. The van der Waals surface area contributed by atoms with Gasteiger partial charge in [0.05, 0.1) is 6.20 Å². The molecular weight excluding hydrogens is 517 g/mol. The number of oxazole rings is 1. The molecule has 0 spiro atoms. The number of anilines is 1. The molecule has 0 unspecified atom stereocenters. The minimum absolute atomic E-state index is 0.164. The van der Waals surface area contributed by atoms with Crippen LogP contribution in [-0.4, -0.2) is 20.7 Å². The predicted molar refractivity (Wildman–Crippen MR) is 115 cm³/mol. The van der Waals surface area contributed by atoms with Crippen LogP contribution in [-0.2, 0) is 10.2 Å². The average molecular weight is 529 g/mol. The zero-order chi connectivity index (χ0) is 22.4. The Hall–Kier alpha value is -2.43. The lowest BCUT2D eigenvalue weighted by atomic mass is 10.1. The number of amides is 1. The molecule has 1 amide bonds. The summed E-state index contributed by atoms with van der Waals surface area (Å²) in [6, 6.07) is 11.1. The molecule has 7 nitrogen and oxygen atoms in total. The van der Waals surface area contributed by atoms with Crippen LogP contribution in [0.4, 0.5) is 14.5 Å². The van der Waals surface area contributed by atoms with Crippen molar-refractivity contribution >= 4 is 56.5 Å². The van der Waals surface area contributed by atoms with Crippen molar-refractivity contribution in [2.24, 2.45) is 0 Å². The van der Waals surface area contributed by atoms with Gasteiger partial charge in [0.25, 0.3) is 5.91 Å². The fourth-order valence-corrected chi connectivity index (χ4v) is 5.77. The van der Waals surface area contributed by atoms with Crippen molar-refractivity contribution in [3.8, 4) is 11.3 Å². The highest BCUT2D eigenvalue weighted by molar-refractivity contribution is 9.10. The van der Waals surface area contributed by atoms with Crippen LogP contribution in [0.15, 0.2) is 63.9 Å². The summed E-state index contributed by atoms with van der Waals surface area (Å²) in [4.78, 5) is 33.8. The van der Waals surface area contributed by atoms with Gasteiger partial charge >= 0.3 is 13.3 Å². The van der Waals surface area contributed by atoms with Gasteiger partial charge in [0, 0.05) is 31.4 Å². The molecule has 12 heteroatoms. The number of carbonyl (C=O) groups is 1. The van der Waals surface area contributed by atoms with Crippen LogP contribution in [0.2, 0.25) is 0 Å². The molecule has 0 radical (unpaired) electrons. The monoisotopic (exact) mass is 528 g/mol. The molecule has 0 fully saturated rings. The van der Waals surface area contributed by atoms with E-state index in [2.05, 4.69) is 26.2 Å². The lowest BCUT2D eigenvalue weighted by molar-refractivity contribution is 0.0595. The van der Waals surface area contributed by atoms with Gasteiger partial charge in [0.15, 0.2) is 12.2 Å². The molecule has 4 aromatic rings. The average Bonchev–Trinajstić information content (AvgIpc) is 3.36. The van der Waals surface area contributed by atoms with Crippen LogP contribution in [0.1, 0.15) is 15.2 Å². The summed E-state index contributed by atoms with van der Waals surface area (Å²) in [5.41, 5.74) is -2.98. The van der Waals surface area contributed by atoms with E-state index in [0.717, 1.165) is 0 Å². The molecule has 0 aliphatic rings. The molecule has 2 heterocycles. The van der Waals surface area contributed by atoms with Crippen molar-refractivity contribution in [3.63, 3.8) is 0 Å². The Kier molecular flexibility index (Phi) is 5.57. The Morgan fingerprint density at radius 2 is 2.00 bits per heavy atom. The summed E-state index contributed by atoms with van der Waals surface area (Å²) in [5.74, 6) is 0.0382. The van der Waals surface area contributed by atoms with Crippen molar-refractivity contribution in [2.75, 3.05) is 5.32 Å². The number of alkyl halides is 2. The number of thiophene rings is 1. The van der Waals surface area contributed by atoms with Gasteiger partial charge in [-0.25, -0.2) is 4.98 Å². The van der Waals surface area contributed by atoms with E-state index < -0.39 is 24.0 Å². The third kappa shape index (κ3) is 4.07. The van der Waals surface area contributed by atoms with Crippen LogP contribution in [0.25, 0.3) is 21.4 Å². The van der Waals surface area contributed by atoms with Crippen LogP contribution >= 0.6 is 34.9 Å². The highest BCUT2D eigenvalue weighted by Crippen LogP contribution is 2.62. The summed E-state index contributed by atoms with van der Waals surface area (Å²) < 4.78 is 45.0. The van der Waals surface area contributed by atoms with E-state index in [1.165, 1.54) is 30.8 Å².